The Morgan fingerprint density at radius 3 is 2.72 bits per heavy atom. The molecule has 4 heteroatoms. The van der Waals surface area contributed by atoms with Crippen LogP contribution < -0.4 is 10.5 Å². The van der Waals surface area contributed by atoms with E-state index >= 15 is 0 Å². The van der Waals surface area contributed by atoms with Crippen LogP contribution in [0.15, 0.2) is 42.5 Å². The molecule has 0 heterocycles. The highest BCUT2D eigenvalue weighted by atomic mass is 35.5. The number of ketones is 1. The van der Waals surface area contributed by atoms with E-state index in [2.05, 4.69) is 0 Å². The molecule has 0 aromatic heterocycles. The van der Waals surface area contributed by atoms with Gasteiger partial charge in [-0.05, 0) is 30.3 Å². The zero-order valence-electron chi connectivity index (χ0n) is 9.81. The molecule has 0 atom stereocenters. The van der Waals surface area contributed by atoms with Crippen LogP contribution >= 0.6 is 11.6 Å². The number of nitrogen functional groups attached to an aromatic ring is 1. The molecule has 92 valence electrons. The van der Waals surface area contributed by atoms with Gasteiger partial charge in [0.25, 0.3) is 0 Å². The van der Waals surface area contributed by atoms with Crippen molar-refractivity contribution in [1.82, 2.24) is 0 Å². The van der Waals surface area contributed by atoms with Crippen LogP contribution in [0, 0.1) is 0 Å². The number of halogens is 1. The SMILES string of the molecule is COc1cccc(C(=O)c2cc(Cl)ccc2N)c1. The molecule has 0 fully saturated rings. The van der Waals surface area contributed by atoms with Crippen LogP contribution in [0.3, 0.4) is 0 Å². The number of nitrogens with two attached hydrogens (primary N) is 1. The summed E-state index contributed by atoms with van der Waals surface area (Å²) in [4.78, 5) is 12.3. The second kappa shape index (κ2) is 5.10. The number of benzene rings is 2. The van der Waals surface area contributed by atoms with Crippen LogP contribution in [-0.2, 0) is 0 Å². The number of methoxy groups -OCH3 is 1. The first kappa shape index (κ1) is 12.5. The summed E-state index contributed by atoms with van der Waals surface area (Å²) in [6.45, 7) is 0. The predicted molar refractivity (Wildman–Crippen MR) is 72.3 cm³/mol. The van der Waals surface area contributed by atoms with Crippen molar-refractivity contribution in [1.29, 1.82) is 0 Å². The number of carbonyl (C=O) groups is 1. The van der Waals surface area contributed by atoms with Gasteiger partial charge in [0, 0.05) is 21.8 Å². The molecule has 2 N–H and O–H groups in total. The minimum absolute atomic E-state index is 0.172. The number of hydrogen-bond donors (Lipinski definition) is 1. The molecule has 3 nitrogen and oxygen atoms in total. The molecule has 0 amide bonds. The molecule has 0 aliphatic rings. The Hall–Kier alpha value is -2.00. The van der Waals surface area contributed by atoms with E-state index in [-0.39, 0.29) is 5.78 Å². The van der Waals surface area contributed by atoms with Crippen LogP contribution in [-0.4, -0.2) is 12.9 Å². The van der Waals surface area contributed by atoms with E-state index < -0.39 is 0 Å². The minimum Gasteiger partial charge on any atom is -0.497 e. The van der Waals surface area contributed by atoms with Crippen LogP contribution in [0.1, 0.15) is 15.9 Å². The number of hydrogen-bond acceptors (Lipinski definition) is 3. The summed E-state index contributed by atoms with van der Waals surface area (Å²) in [5.41, 5.74) is 7.11. The molecule has 0 bridgehead atoms. The fraction of sp³-hybridized carbons (Fsp3) is 0.0714. The maximum atomic E-state index is 12.3. The van der Waals surface area contributed by atoms with Crippen molar-refractivity contribution in [2.24, 2.45) is 0 Å². The highest BCUT2D eigenvalue weighted by Crippen LogP contribution is 2.22. The third-order valence-corrected chi connectivity index (χ3v) is 2.83. The zero-order chi connectivity index (χ0) is 13.1. The summed E-state index contributed by atoms with van der Waals surface area (Å²) in [6, 6.07) is 11.8. The molecule has 18 heavy (non-hydrogen) atoms. The van der Waals surface area contributed by atoms with Gasteiger partial charge in [0.1, 0.15) is 5.75 Å². The molecule has 0 saturated carbocycles. The Labute approximate surface area is 110 Å². The molecule has 2 rings (SSSR count). The normalized spacial score (nSPS) is 10.1. The summed E-state index contributed by atoms with van der Waals surface area (Å²) in [7, 11) is 1.55. The van der Waals surface area contributed by atoms with E-state index in [1.165, 1.54) is 0 Å². The maximum Gasteiger partial charge on any atom is 0.195 e. The first-order valence-corrected chi connectivity index (χ1v) is 5.73. The van der Waals surface area contributed by atoms with Gasteiger partial charge in [-0.2, -0.15) is 0 Å². The van der Waals surface area contributed by atoms with E-state index in [9.17, 15) is 4.79 Å². The number of rotatable bonds is 3. The molecule has 0 radical (unpaired) electrons. The summed E-state index contributed by atoms with van der Waals surface area (Å²) in [5.74, 6) is 0.454. The van der Waals surface area contributed by atoms with Crippen molar-refractivity contribution < 1.29 is 9.53 Å². The zero-order valence-corrected chi connectivity index (χ0v) is 10.6. The van der Waals surface area contributed by atoms with Gasteiger partial charge < -0.3 is 10.5 Å². The Morgan fingerprint density at radius 1 is 1.22 bits per heavy atom. The lowest BCUT2D eigenvalue weighted by Gasteiger charge is -2.07. The summed E-state index contributed by atoms with van der Waals surface area (Å²) in [5, 5.41) is 0.482. The standard InChI is InChI=1S/C14H12ClNO2/c1-18-11-4-2-3-9(7-11)14(17)12-8-10(15)5-6-13(12)16/h2-8H,16H2,1H3. The highest BCUT2D eigenvalue weighted by Gasteiger charge is 2.13. The van der Waals surface area contributed by atoms with E-state index in [1.807, 2.05) is 0 Å². The Bertz CT molecular complexity index is 596. The lowest BCUT2D eigenvalue weighted by atomic mass is 10.0. The predicted octanol–water partition coefficient (Wildman–Crippen LogP) is 3.16. The third kappa shape index (κ3) is 2.46. The second-order valence-electron chi connectivity index (χ2n) is 3.79. The van der Waals surface area contributed by atoms with Gasteiger partial charge in [-0.3, -0.25) is 4.79 Å². The molecule has 0 aliphatic carbocycles. The molecule has 2 aromatic rings. The van der Waals surface area contributed by atoms with Crippen LogP contribution in [0.25, 0.3) is 0 Å². The number of ether oxygens (including phenoxy) is 1. The van der Waals surface area contributed by atoms with E-state index in [1.54, 1.807) is 49.6 Å². The van der Waals surface area contributed by atoms with E-state index in [0.29, 0.717) is 27.6 Å². The first-order valence-electron chi connectivity index (χ1n) is 5.35. The van der Waals surface area contributed by atoms with Gasteiger partial charge >= 0.3 is 0 Å². The molecule has 0 spiro atoms. The summed E-state index contributed by atoms with van der Waals surface area (Å²) >= 11 is 5.87. The molecule has 0 unspecified atom stereocenters. The maximum absolute atomic E-state index is 12.3. The van der Waals surface area contributed by atoms with Crippen LogP contribution in [0.5, 0.6) is 5.75 Å². The molecule has 2 aromatic carbocycles. The van der Waals surface area contributed by atoms with Crippen molar-refractivity contribution in [2.75, 3.05) is 12.8 Å². The van der Waals surface area contributed by atoms with Gasteiger partial charge in [-0.15, -0.1) is 0 Å². The smallest absolute Gasteiger partial charge is 0.195 e. The molecular weight excluding hydrogens is 250 g/mol. The molecule has 0 aliphatic heterocycles. The number of anilines is 1. The van der Waals surface area contributed by atoms with Crippen LogP contribution in [0.4, 0.5) is 5.69 Å². The average molecular weight is 262 g/mol. The summed E-state index contributed by atoms with van der Waals surface area (Å²) < 4.78 is 5.09. The van der Waals surface area contributed by atoms with Gasteiger partial charge in [0.15, 0.2) is 5.78 Å². The van der Waals surface area contributed by atoms with Crippen molar-refractivity contribution >= 4 is 23.1 Å². The fourth-order valence-corrected chi connectivity index (χ4v) is 1.82. The van der Waals surface area contributed by atoms with Gasteiger partial charge in [0.05, 0.1) is 7.11 Å². The average Bonchev–Trinajstić information content (AvgIpc) is 2.41. The second-order valence-corrected chi connectivity index (χ2v) is 4.23. The van der Waals surface area contributed by atoms with Gasteiger partial charge in [-0.25, -0.2) is 0 Å². The lowest BCUT2D eigenvalue weighted by molar-refractivity contribution is 0.103. The van der Waals surface area contributed by atoms with Crippen molar-refractivity contribution in [3.63, 3.8) is 0 Å². The Morgan fingerprint density at radius 2 is 2.00 bits per heavy atom. The third-order valence-electron chi connectivity index (χ3n) is 2.59. The van der Waals surface area contributed by atoms with E-state index in [0.717, 1.165) is 0 Å². The number of carbonyl (C=O) groups excluding carboxylic acids is 1. The molecular formula is C14H12ClNO2. The van der Waals surface area contributed by atoms with Crippen molar-refractivity contribution in [3.05, 3.63) is 58.6 Å². The van der Waals surface area contributed by atoms with Crippen molar-refractivity contribution in [3.8, 4) is 5.75 Å². The van der Waals surface area contributed by atoms with Gasteiger partial charge in [0.2, 0.25) is 0 Å². The largest absolute Gasteiger partial charge is 0.497 e. The van der Waals surface area contributed by atoms with Gasteiger partial charge in [-0.1, -0.05) is 23.7 Å². The van der Waals surface area contributed by atoms with Crippen LogP contribution in [0.2, 0.25) is 5.02 Å². The Kier molecular flexibility index (Phi) is 3.53. The van der Waals surface area contributed by atoms with Crippen molar-refractivity contribution in [2.45, 2.75) is 0 Å². The first-order chi connectivity index (χ1) is 8.61. The lowest BCUT2D eigenvalue weighted by Crippen LogP contribution is -2.05. The Balaban J connectivity index is 2.44. The quantitative estimate of drug-likeness (QED) is 0.682. The van der Waals surface area contributed by atoms with E-state index in [4.69, 9.17) is 22.1 Å². The minimum atomic E-state index is -0.172. The molecule has 0 saturated heterocycles. The summed E-state index contributed by atoms with van der Waals surface area (Å²) in [6.07, 6.45) is 0. The topological polar surface area (TPSA) is 52.3 Å². The fourth-order valence-electron chi connectivity index (χ4n) is 1.64. The highest BCUT2D eigenvalue weighted by molar-refractivity contribution is 6.31. The monoisotopic (exact) mass is 261 g/mol.